The van der Waals surface area contributed by atoms with Crippen molar-refractivity contribution in [3.05, 3.63) is 34.8 Å². The number of hydrogen-bond acceptors (Lipinski definition) is 4. The highest BCUT2D eigenvalue weighted by Gasteiger charge is 2.18. The maximum atomic E-state index is 12.4. The van der Waals surface area contributed by atoms with Crippen LogP contribution in [0.25, 0.3) is 0 Å². The van der Waals surface area contributed by atoms with Gasteiger partial charge >= 0.3 is 0 Å². The van der Waals surface area contributed by atoms with Gasteiger partial charge in [-0.25, -0.2) is 4.98 Å². The Morgan fingerprint density at radius 3 is 2.57 bits per heavy atom. The fourth-order valence-corrected chi connectivity index (χ4v) is 2.85. The number of nitrogens with one attached hydrogen (secondary N) is 2. The third kappa shape index (κ3) is 3.88. The number of hydrogen-bond donors (Lipinski definition) is 2. The van der Waals surface area contributed by atoms with E-state index < -0.39 is 0 Å². The fraction of sp³-hybridized carbons (Fsp3) is 0.471. The third-order valence-corrected chi connectivity index (χ3v) is 3.88. The van der Waals surface area contributed by atoms with Crippen LogP contribution in [0.2, 0.25) is 0 Å². The molecule has 124 valence electrons. The molecule has 0 saturated heterocycles. The molecule has 0 fully saturated rings. The smallest absolute Gasteiger partial charge is 0.225 e. The highest BCUT2D eigenvalue weighted by molar-refractivity contribution is 5.94. The summed E-state index contributed by atoms with van der Waals surface area (Å²) >= 11 is 0. The first kappa shape index (κ1) is 17.0. The van der Waals surface area contributed by atoms with E-state index in [1.54, 1.807) is 0 Å². The lowest BCUT2D eigenvalue weighted by Crippen LogP contribution is -2.19. The molecule has 0 aromatic carbocycles. The topological polar surface area (TPSA) is 73.9 Å². The van der Waals surface area contributed by atoms with E-state index in [1.165, 1.54) is 0 Å². The van der Waals surface area contributed by atoms with Crippen molar-refractivity contribution < 1.29 is 4.79 Å². The largest absolute Gasteiger partial charge is 0.361 e. The Bertz CT molecular complexity index is 686. The van der Waals surface area contributed by atoms with Crippen LogP contribution in [0.15, 0.2) is 12.1 Å². The van der Waals surface area contributed by atoms with E-state index in [-0.39, 0.29) is 11.8 Å². The molecule has 0 bridgehead atoms. The molecule has 2 heterocycles. The number of aromatic amines is 1. The van der Waals surface area contributed by atoms with E-state index >= 15 is 0 Å². The first-order valence-corrected chi connectivity index (χ1v) is 7.76. The molecule has 1 atom stereocenters. The molecule has 1 unspecified atom stereocenters. The van der Waals surface area contributed by atoms with Gasteiger partial charge in [-0.1, -0.05) is 6.92 Å². The molecular formula is C17H25N5O. The van der Waals surface area contributed by atoms with Crippen molar-refractivity contribution in [2.75, 3.05) is 24.3 Å². The zero-order valence-electron chi connectivity index (χ0n) is 14.7. The van der Waals surface area contributed by atoms with Crippen LogP contribution in [0, 0.1) is 20.8 Å². The molecule has 0 aliphatic rings. The highest BCUT2D eigenvalue weighted by atomic mass is 16.1. The number of aromatic nitrogens is 3. The van der Waals surface area contributed by atoms with Crippen LogP contribution in [-0.2, 0) is 4.79 Å². The van der Waals surface area contributed by atoms with Gasteiger partial charge in [-0.2, -0.15) is 5.10 Å². The van der Waals surface area contributed by atoms with Crippen LogP contribution in [0.1, 0.15) is 41.9 Å². The van der Waals surface area contributed by atoms with Crippen molar-refractivity contribution >= 4 is 17.4 Å². The van der Waals surface area contributed by atoms with E-state index in [4.69, 9.17) is 0 Å². The molecule has 0 radical (unpaired) electrons. The molecule has 6 nitrogen and oxygen atoms in total. The van der Waals surface area contributed by atoms with Crippen LogP contribution in [0.5, 0.6) is 0 Å². The normalized spacial score (nSPS) is 12.1. The average Bonchev–Trinajstić information content (AvgIpc) is 2.79. The molecule has 2 N–H and O–H groups in total. The number of pyridine rings is 1. The molecule has 0 aliphatic carbocycles. The lowest BCUT2D eigenvalue weighted by Gasteiger charge is -2.18. The van der Waals surface area contributed by atoms with Gasteiger partial charge in [0, 0.05) is 31.9 Å². The summed E-state index contributed by atoms with van der Waals surface area (Å²) in [6.45, 7) is 7.93. The number of amides is 1. The Labute approximate surface area is 137 Å². The van der Waals surface area contributed by atoms with Crippen LogP contribution in [0.3, 0.4) is 0 Å². The second-order valence-electron chi connectivity index (χ2n) is 6.22. The number of carbonyl (C=O) groups is 1. The van der Waals surface area contributed by atoms with Crippen molar-refractivity contribution in [3.8, 4) is 0 Å². The fourth-order valence-electron chi connectivity index (χ4n) is 2.85. The molecule has 1 amide bonds. The predicted molar refractivity (Wildman–Crippen MR) is 93.0 cm³/mol. The summed E-state index contributed by atoms with van der Waals surface area (Å²) in [5.74, 6) is 0.850. The van der Waals surface area contributed by atoms with E-state index in [1.807, 2.05) is 58.8 Å². The maximum absolute atomic E-state index is 12.4. The minimum Gasteiger partial charge on any atom is -0.361 e. The summed E-state index contributed by atoms with van der Waals surface area (Å²) in [5.41, 5.74) is 4.75. The standard InChI is InChI=1S/C17H25N5O/c1-10(16-12(3)20-21-13(16)4)9-15(23)19-14-8-7-11(2)18-17(14)22(5)6/h7-8,10H,9H2,1-6H3,(H,19,23)(H,20,21). The first-order valence-electron chi connectivity index (χ1n) is 7.76. The summed E-state index contributed by atoms with van der Waals surface area (Å²) in [5, 5.41) is 10.2. The van der Waals surface area contributed by atoms with E-state index in [0.717, 1.165) is 34.2 Å². The second kappa shape index (κ2) is 6.81. The highest BCUT2D eigenvalue weighted by Crippen LogP contribution is 2.26. The van der Waals surface area contributed by atoms with Gasteiger partial charge in [0.05, 0.1) is 11.4 Å². The van der Waals surface area contributed by atoms with E-state index in [2.05, 4.69) is 20.5 Å². The van der Waals surface area contributed by atoms with Crippen molar-refractivity contribution in [1.82, 2.24) is 15.2 Å². The summed E-state index contributed by atoms with van der Waals surface area (Å²) in [7, 11) is 3.83. The first-order chi connectivity index (χ1) is 10.8. The lowest BCUT2D eigenvalue weighted by atomic mass is 9.95. The quantitative estimate of drug-likeness (QED) is 0.889. The average molecular weight is 315 g/mol. The Hall–Kier alpha value is -2.37. The molecule has 2 aromatic heterocycles. The molecule has 2 aromatic rings. The van der Waals surface area contributed by atoms with Crippen molar-refractivity contribution in [3.63, 3.8) is 0 Å². The predicted octanol–water partition coefficient (Wildman–Crippen LogP) is 2.93. The maximum Gasteiger partial charge on any atom is 0.225 e. The van der Waals surface area contributed by atoms with Crippen molar-refractivity contribution in [1.29, 1.82) is 0 Å². The number of H-pyrrole nitrogens is 1. The van der Waals surface area contributed by atoms with Gasteiger partial charge in [0.25, 0.3) is 0 Å². The Kier molecular flexibility index (Phi) is 5.03. The van der Waals surface area contributed by atoms with Crippen molar-refractivity contribution in [2.24, 2.45) is 0 Å². The number of nitrogens with zero attached hydrogens (tertiary/aromatic N) is 3. The van der Waals surface area contributed by atoms with Gasteiger partial charge in [-0.15, -0.1) is 0 Å². The van der Waals surface area contributed by atoms with Gasteiger partial charge in [0.15, 0.2) is 5.82 Å². The number of anilines is 2. The Morgan fingerprint density at radius 2 is 2.00 bits per heavy atom. The summed E-state index contributed by atoms with van der Waals surface area (Å²) < 4.78 is 0. The molecule has 0 saturated carbocycles. The Balaban J connectivity index is 2.11. The lowest BCUT2D eigenvalue weighted by molar-refractivity contribution is -0.116. The van der Waals surface area contributed by atoms with Crippen LogP contribution >= 0.6 is 0 Å². The molecule has 23 heavy (non-hydrogen) atoms. The summed E-state index contributed by atoms with van der Waals surface area (Å²) in [6, 6.07) is 3.80. The summed E-state index contributed by atoms with van der Waals surface area (Å²) in [4.78, 5) is 18.8. The van der Waals surface area contributed by atoms with E-state index in [0.29, 0.717) is 6.42 Å². The van der Waals surface area contributed by atoms with Gasteiger partial charge in [-0.3, -0.25) is 9.89 Å². The molecule has 6 heteroatoms. The molecule has 0 spiro atoms. The minimum absolute atomic E-state index is 0.0220. The van der Waals surface area contributed by atoms with Gasteiger partial charge in [0.2, 0.25) is 5.91 Å². The molecular weight excluding hydrogens is 290 g/mol. The number of carbonyl (C=O) groups excluding carboxylic acids is 1. The number of rotatable bonds is 5. The minimum atomic E-state index is -0.0220. The molecule has 0 aliphatic heterocycles. The van der Waals surface area contributed by atoms with Crippen molar-refractivity contribution in [2.45, 2.75) is 40.0 Å². The van der Waals surface area contributed by atoms with Crippen LogP contribution < -0.4 is 10.2 Å². The van der Waals surface area contributed by atoms with E-state index in [9.17, 15) is 4.79 Å². The second-order valence-corrected chi connectivity index (χ2v) is 6.22. The monoisotopic (exact) mass is 315 g/mol. The SMILES string of the molecule is Cc1ccc(NC(=O)CC(C)c2c(C)n[nH]c2C)c(N(C)C)n1. The van der Waals surface area contributed by atoms with Crippen LogP contribution in [0.4, 0.5) is 11.5 Å². The molecule has 2 rings (SSSR count). The zero-order chi connectivity index (χ0) is 17.1. The third-order valence-electron chi connectivity index (χ3n) is 3.88. The van der Waals surface area contributed by atoms with Gasteiger partial charge in [-0.05, 0) is 44.4 Å². The number of aryl methyl sites for hydroxylation is 3. The summed E-state index contributed by atoms with van der Waals surface area (Å²) in [6.07, 6.45) is 0.405. The van der Waals surface area contributed by atoms with Gasteiger partial charge < -0.3 is 10.2 Å². The zero-order valence-corrected chi connectivity index (χ0v) is 14.7. The van der Waals surface area contributed by atoms with Crippen LogP contribution in [-0.4, -0.2) is 35.2 Å². The van der Waals surface area contributed by atoms with Gasteiger partial charge in [0.1, 0.15) is 0 Å². The Morgan fingerprint density at radius 1 is 1.30 bits per heavy atom.